The first kappa shape index (κ1) is 9.48. The molecule has 0 radical (unpaired) electrons. The molecule has 5 nitrogen and oxygen atoms in total. The Hall–Kier alpha value is -2.74. The molecule has 0 bridgehead atoms. The molecule has 0 aliphatic heterocycles. The fraction of sp³-hybridized carbons (Fsp3) is 0. The van der Waals surface area contributed by atoms with E-state index in [-0.39, 0.29) is 5.82 Å². The Kier molecular flexibility index (Phi) is 2.06. The number of para-hydroxylation sites is 1. The van der Waals surface area contributed by atoms with Crippen molar-refractivity contribution in [1.82, 2.24) is 19.5 Å². The summed E-state index contributed by atoms with van der Waals surface area (Å²) in [7, 11) is 0. The van der Waals surface area contributed by atoms with Crippen molar-refractivity contribution in [1.29, 1.82) is 5.26 Å². The van der Waals surface area contributed by atoms with Crippen LogP contribution in [0.5, 0.6) is 0 Å². The second-order valence-electron chi connectivity index (χ2n) is 3.46. The minimum atomic E-state index is 0.278. The fourth-order valence-electron chi connectivity index (χ4n) is 1.63. The van der Waals surface area contributed by atoms with E-state index < -0.39 is 0 Å². The van der Waals surface area contributed by atoms with Gasteiger partial charge >= 0.3 is 0 Å². The van der Waals surface area contributed by atoms with Crippen molar-refractivity contribution < 1.29 is 0 Å². The van der Waals surface area contributed by atoms with Gasteiger partial charge in [-0.05, 0) is 6.07 Å². The van der Waals surface area contributed by atoms with Gasteiger partial charge in [-0.3, -0.25) is 4.57 Å². The van der Waals surface area contributed by atoms with Crippen molar-refractivity contribution in [2.75, 3.05) is 0 Å². The minimum Gasteiger partial charge on any atom is -0.259 e. The van der Waals surface area contributed by atoms with Gasteiger partial charge < -0.3 is 0 Å². The van der Waals surface area contributed by atoms with Crippen LogP contribution in [0.3, 0.4) is 0 Å². The summed E-state index contributed by atoms with van der Waals surface area (Å²) in [6, 6.07) is 9.69. The monoisotopic (exact) mass is 221 g/mol. The molecule has 17 heavy (non-hydrogen) atoms. The SMILES string of the molecule is N#Cc1nccn1-c1ncc2ccccc2n1. The van der Waals surface area contributed by atoms with Gasteiger partial charge in [-0.2, -0.15) is 5.26 Å². The Morgan fingerprint density at radius 1 is 1.18 bits per heavy atom. The zero-order chi connectivity index (χ0) is 11.7. The predicted molar refractivity (Wildman–Crippen MR) is 61.4 cm³/mol. The molecule has 0 amide bonds. The van der Waals surface area contributed by atoms with Gasteiger partial charge in [0, 0.05) is 24.0 Å². The predicted octanol–water partition coefficient (Wildman–Crippen LogP) is 1.69. The molecule has 3 aromatic rings. The van der Waals surface area contributed by atoms with Crippen LogP contribution in [0.15, 0.2) is 42.9 Å². The molecule has 0 unspecified atom stereocenters. The summed E-state index contributed by atoms with van der Waals surface area (Å²) in [4.78, 5) is 12.5. The van der Waals surface area contributed by atoms with Crippen LogP contribution in [0.1, 0.15) is 5.82 Å². The highest BCUT2D eigenvalue weighted by molar-refractivity contribution is 5.77. The lowest BCUT2D eigenvalue weighted by Gasteiger charge is -2.02. The minimum absolute atomic E-state index is 0.278. The largest absolute Gasteiger partial charge is 0.259 e. The molecule has 80 valence electrons. The molecule has 0 saturated carbocycles. The van der Waals surface area contributed by atoms with Crippen molar-refractivity contribution in [3.05, 3.63) is 48.7 Å². The topological polar surface area (TPSA) is 67.4 Å². The lowest BCUT2D eigenvalue weighted by molar-refractivity contribution is 0.921. The number of imidazole rings is 1. The van der Waals surface area contributed by atoms with Crippen molar-refractivity contribution in [2.24, 2.45) is 0 Å². The highest BCUT2D eigenvalue weighted by atomic mass is 15.2. The summed E-state index contributed by atoms with van der Waals surface area (Å²) >= 11 is 0. The highest BCUT2D eigenvalue weighted by Crippen LogP contribution is 2.12. The van der Waals surface area contributed by atoms with Gasteiger partial charge in [-0.1, -0.05) is 18.2 Å². The smallest absolute Gasteiger partial charge is 0.236 e. The van der Waals surface area contributed by atoms with E-state index in [1.54, 1.807) is 23.2 Å². The maximum absolute atomic E-state index is 8.89. The van der Waals surface area contributed by atoms with Gasteiger partial charge in [0.1, 0.15) is 6.07 Å². The van der Waals surface area contributed by atoms with Gasteiger partial charge in [-0.25, -0.2) is 15.0 Å². The molecule has 3 rings (SSSR count). The van der Waals surface area contributed by atoms with Gasteiger partial charge in [0.05, 0.1) is 5.52 Å². The molecular weight excluding hydrogens is 214 g/mol. The third-order valence-corrected chi connectivity index (χ3v) is 2.43. The summed E-state index contributed by atoms with van der Waals surface area (Å²) in [5.41, 5.74) is 0.843. The summed E-state index contributed by atoms with van der Waals surface area (Å²) in [5, 5.41) is 9.86. The third kappa shape index (κ3) is 1.52. The molecule has 5 heteroatoms. The first-order valence-electron chi connectivity index (χ1n) is 5.04. The van der Waals surface area contributed by atoms with Crippen LogP contribution < -0.4 is 0 Å². The quantitative estimate of drug-likeness (QED) is 0.627. The zero-order valence-corrected chi connectivity index (χ0v) is 8.78. The third-order valence-electron chi connectivity index (χ3n) is 2.43. The average molecular weight is 221 g/mol. The van der Waals surface area contributed by atoms with Crippen LogP contribution in [0, 0.1) is 11.3 Å². The Morgan fingerprint density at radius 2 is 2.06 bits per heavy atom. The Morgan fingerprint density at radius 3 is 2.94 bits per heavy atom. The highest BCUT2D eigenvalue weighted by Gasteiger charge is 2.06. The van der Waals surface area contributed by atoms with Gasteiger partial charge in [-0.15, -0.1) is 0 Å². The van der Waals surface area contributed by atoms with Gasteiger partial charge in [0.15, 0.2) is 0 Å². The molecule has 0 atom stereocenters. The number of nitrogens with zero attached hydrogens (tertiary/aromatic N) is 5. The van der Waals surface area contributed by atoms with E-state index in [1.807, 2.05) is 30.3 Å². The lowest BCUT2D eigenvalue weighted by atomic mass is 10.2. The number of rotatable bonds is 1. The number of aromatic nitrogens is 4. The normalized spacial score (nSPS) is 10.3. The molecule has 2 heterocycles. The maximum atomic E-state index is 8.89. The Bertz CT molecular complexity index is 723. The number of fused-ring (bicyclic) bond motifs is 1. The van der Waals surface area contributed by atoms with Crippen LogP contribution in [0.2, 0.25) is 0 Å². The Labute approximate surface area is 97.0 Å². The number of hydrogen-bond acceptors (Lipinski definition) is 4. The molecule has 0 spiro atoms. The van der Waals surface area contributed by atoms with Gasteiger partial charge in [0.2, 0.25) is 11.8 Å². The molecular formula is C12H7N5. The van der Waals surface area contributed by atoms with E-state index in [0.717, 1.165) is 10.9 Å². The number of benzene rings is 1. The van der Waals surface area contributed by atoms with E-state index >= 15 is 0 Å². The van der Waals surface area contributed by atoms with Crippen LogP contribution in [0.25, 0.3) is 16.9 Å². The molecule has 1 aromatic carbocycles. The van der Waals surface area contributed by atoms with E-state index in [2.05, 4.69) is 15.0 Å². The second-order valence-corrected chi connectivity index (χ2v) is 3.46. The number of hydrogen-bond donors (Lipinski definition) is 0. The Balaban J connectivity index is 2.22. The van der Waals surface area contributed by atoms with Gasteiger partial charge in [0.25, 0.3) is 0 Å². The zero-order valence-electron chi connectivity index (χ0n) is 8.78. The van der Waals surface area contributed by atoms with E-state index in [0.29, 0.717) is 5.95 Å². The molecule has 0 N–H and O–H groups in total. The summed E-state index contributed by atoms with van der Waals surface area (Å²) in [6.45, 7) is 0. The van der Waals surface area contributed by atoms with E-state index in [1.165, 1.54) is 0 Å². The second kappa shape index (κ2) is 3.68. The van der Waals surface area contributed by atoms with E-state index in [9.17, 15) is 0 Å². The first-order chi connectivity index (χ1) is 8.38. The van der Waals surface area contributed by atoms with Crippen molar-refractivity contribution in [2.45, 2.75) is 0 Å². The standard InChI is InChI=1S/C12H7N5/c13-7-11-14-5-6-17(11)12-15-8-9-3-1-2-4-10(9)16-12/h1-6,8H. The molecule has 0 saturated heterocycles. The lowest BCUT2D eigenvalue weighted by Crippen LogP contribution is -2.02. The van der Waals surface area contributed by atoms with Crippen LogP contribution in [-0.4, -0.2) is 19.5 Å². The van der Waals surface area contributed by atoms with Crippen molar-refractivity contribution in [3.63, 3.8) is 0 Å². The molecule has 2 aromatic heterocycles. The fourth-order valence-corrected chi connectivity index (χ4v) is 1.63. The number of nitriles is 1. The van der Waals surface area contributed by atoms with E-state index in [4.69, 9.17) is 5.26 Å². The summed E-state index contributed by atoms with van der Waals surface area (Å²) in [5.74, 6) is 0.734. The maximum Gasteiger partial charge on any atom is 0.236 e. The molecule has 0 fully saturated rings. The summed E-state index contributed by atoms with van der Waals surface area (Å²) in [6.07, 6.45) is 4.96. The first-order valence-corrected chi connectivity index (χ1v) is 5.04. The van der Waals surface area contributed by atoms with Crippen LogP contribution >= 0.6 is 0 Å². The average Bonchev–Trinajstić information content (AvgIpc) is 2.86. The molecule has 0 aliphatic carbocycles. The summed E-state index contributed by atoms with van der Waals surface area (Å²) < 4.78 is 1.56. The van der Waals surface area contributed by atoms with Crippen molar-refractivity contribution in [3.8, 4) is 12.0 Å². The van der Waals surface area contributed by atoms with Crippen LogP contribution in [0.4, 0.5) is 0 Å². The van der Waals surface area contributed by atoms with Crippen molar-refractivity contribution >= 4 is 10.9 Å². The van der Waals surface area contributed by atoms with Crippen LogP contribution in [-0.2, 0) is 0 Å². The molecule has 0 aliphatic rings.